The van der Waals surface area contributed by atoms with E-state index in [0.29, 0.717) is 23.5 Å². The molecule has 130 valence electrons. The summed E-state index contributed by atoms with van der Waals surface area (Å²) in [6.07, 6.45) is 0.494. The van der Waals surface area contributed by atoms with Crippen LogP contribution in [0.4, 0.5) is 5.69 Å². The lowest BCUT2D eigenvalue weighted by molar-refractivity contribution is -0.384. The van der Waals surface area contributed by atoms with Gasteiger partial charge in [-0.25, -0.2) is 0 Å². The number of benzene rings is 2. The largest absolute Gasteiger partial charge is 0.497 e. The Morgan fingerprint density at radius 1 is 1.28 bits per heavy atom. The Kier molecular flexibility index (Phi) is 4.20. The SMILES string of the molecule is COc1ccc2c(c1)OC(C)(C)CC2C(=O)c1cccc([N+](=O)[O-])c1. The number of rotatable bonds is 4. The van der Waals surface area contributed by atoms with Crippen LogP contribution in [0.1, 0.15) is 42.1 Å². The zero-order valence-electron chi connectivity index (χ0n) is 14.3. The van der Waals surface area contributed by atoms with E-state index in [9.17, 15) is 14.9 Å². The van der Waals surface area contributed by atoms with E-state index in [1.54, 1.807) is 25.3 Å². The molecule has 1 aliphatic heterocycles. The fourth-order valence-electron chi connectivity index (χ4n) is 3.17. The number of Topliss-reactive ketones (excluding diaryl/α,β-unsaturated/α-hetero) is 1. The van der Waals surface area contributed by atoms with Crippen molar-refractivity contribution in [1.29, 1.82) is 0 Å². The van der Waals surface area contributed by atoms with Gasteiger partial charge in [-0.1, -0.05) is 18.2 Å². The lowest BCUT2D eigenvalue weighted by Gasteiger charge is -2.37. The molecule has 0 amide bonds. The van der Waals surface area contributed by atoms with Gasteiger partial charge in [0.15, 0.2) is 5.78 Å². The third kappa shape index (κ3) is 3.33. The summed E-state index contributed by atoms with van der Waals surface area (Å²) in [5, 5.41) is 11.0. The number of carbonyl (C=O) groups excluding carboxylic acids is 1. The molecule has 0 saturated heterocycles. The molecule has 0 aliphatic carbocycles. The van der Waals surface area contributed by atoms with E-state index in [2.05, 4.69) is 0 Å². The molecular weight excluding hydrogens is 322 g/mol. The molecule has 0 spiro atoms. The van der Waals surface area contributed by atoms with E-state index in [1.165, 1.54) is 18.2 Å². The fraction of sp³-hybridized carbons (Fsp3) is 0.316. The zero-order valence-corrected chi connectivity index (χ0v) is 14.3. The molecular formula is C19H19NO5. The number of nitro groups is 1. The van der Waals surface area contributed by atoms with E-state index < -0.39 is 16.4 Å². The summed E-state index contributed by atoms with van der Waals surface area (Å²) >= 11 is 0. The van der Waals surface area contributed by atoms with Gasteiger partial charge in [0.05, 0.1) is 18.0 Å². The first-order valence-electron chi connectivity index (χ1n) is 7.96. The van der Waals surface area contributed by atoms with E-state index in [1.807, 2.05) is 19.9 Å². The molecule has 1 unspecified atom stereocenters. The fourth-order valence-corrected chi connectivity index (χ4v) is 3.17. The molecule has 0 radical (unpaired) electrons. The van der Waals surface area contributed by atoms with Gasteiger partial charge in [0, 0.05) is 35.7 Å². The van der Waals surface area contributed by atoms with Gasteiger partial charge in [0.2, 0.25) is 0 Å². The smallest absolute Gasteiger partial charge is 0.270 e. The summed E-state index contributed by atoms with van der Waals surface area (Å²) in [6, 6.07) is 11.2. The number of ether oxygens (including phenoxy) is 2. The summed E-state index contributed by atoms with van der Waals surface area (Å²) in [5.74, 6) is 0.690. The second kappa shape index (κ2) is 6.20. The van der Waals surface area contributed by atoms with Gasteiger partial charge in [0.25, 0.3) is 5.69 Å². The van der Waals surface area contributed by atoms with Crippen LogP contribution in [0.3, 0.4) is 0 Å². The third-order valence-corrected chi connectivity index (χ3v) is 4.34. The van der Waals surface area contributed by atoms with Gasteiger partial charge in [-0.15, -0.1) is 0 Å². The molecule has 6 nitrogen and oxygen atoms in total. The lowest BCUT2D eigenvalue weighted by atomic mass is 9.80. The highest BCUT2D eigenvalue weighted by molar-refractivity contribution is 6.02. The van der Waals surface area contributed by atoms with E-state index in [0.717, 1.165) is 5.56 Å². The van der Waals surface area contributed by atoms with Crippen LogP contribution in [0.15, 0.2) is 42.5 Å². The van der Waals surface area contributed by atoms with E-state index in [4.69, 9.17) is 9.47 Å². The van der Waals surface area contributed by atoms with Crippen molar-refractivity contribution in [3.63, 3.8) is 0 Å². The van der Waals surface area contributed by atoms with E-state index in [-0.39, 0.29) is 11.5 Å². The van der Waals surface area contributed by atoms with Crippen LogP contribution < -0.4 is 9.47 Å². The zero-order chi connectivity index (χ0) is 18.2. The van der Waals surface area contributed by atoms with Crippen molar-refractivity contribution in [3.8, 4) is 11.5 Å². The van der Waals surface area contributed by atoms with Crippen molar-refractivity contribution in [2.24, 2.45) is 0 Å². The minimum absolute atomic E-state index is 0.0906. The summed E-state index contributed by atoms with van der Waals surface area (Å²) in [6.45, 7) is 3.84. The number of nitrogens with zero attached hydrogens (tertiary/aromatic N) is 1. The summed E-state index contributed by atoms with van der Waals surface area (Å²) < 4.78 is 11.2. The molecule has 1 aliphatic rings. The quantitative estimate of drug-likeness (QED) is 0.474. The molecule has 25 heavy (non-hydrogen) atoms. The highest BCUT2D eigenvalue weighted by Crippen LogP contribution is 2.43. The van der Waals surface area contributed by atoms with Gasteiger partial charge >= 0.3 is 0 Å². The number of nitro benzene ring substituents is 1. The average Bonchev–Trinajstić information content (AvgIpc) is 2.59. The first-order chi connectivity index (χ1) is 11.8. The Labute approximate surface area is 145 Å². The van der Waals surface area contributed by atoms with Crippen LogP contribution in [0.25, 0.3) is 0 Å². The van der Waals surface area contributed by atoms with Gasteiger partial charge in [-0.2, -0.15) is 0 Å². The summed E-state index contributed by atoms with van der Waals surface area (Å²) in [7, 11) is 1.57. The molecule has 0 N–H and O–H groups in total. The second-order valence-electron chi connectivity index (χ2n) is 6.69. The number of fused-ring (bicyclic) bond motifs is 1. The molecule has 1 heterocycles. The van der Waals surface area contributed by atoms with Crippen molar-refractivity contribution < 1.29 is 19.2 Å². The molecule has 0 aromatic heterocycles. The molecule has 1 atom stereocenters. The highest BCUT2D eigenvalue weighted by atomic mass is 16.6. The molecule has 3 rings (SSSR count). The molecule has 2 aromatic rings. The van der Waals surface area contributed by atoms with Crippen LogP contribution in [0.5, 0.6) is 11.5 Å². The minimum Gasteiger partial charge on any atom is -0.497 e. The standard InChI is InChI=1S/C19H19NO5/c1-19(2)11-16(15-8-7-14(24-3)10-17(15)25-19)18(21)12-5-4-6-13(9-12)20(22)23/h4-10,16H,11H2,1-3H3. The monoisotopic (exact) mass is 341 g/mol. The van der Waals surface area contributed by atoms with Gasteiger partial charge < -0.3 is 9.47 Å². The summed E-state index contributed by atoms with van der Waals surface area (Å²) in [5.41, 5.74) is 0.489. The molecule has 0 fully saturated rings. The topological polar surface area (TPSA) is 78.7 Å². The van der Waals surface area contributed by atoms with Crippen LogP contribution in [-0.4, -0.2) is 23.4 Å². The normalized spacial score (nSPS) is 18.0. The van der Waals surface area contributed by atoms with Crippen molar-refractivity contribution in [3.05, 3.63) is 63.7 Å². The average molecular weight is 341 g/mol. The Morgan fingerprint density at radius 2 is 2.04 bits per heavy atom. The summed E-state index contributed by atoms with van der Waals surface area (Å²) in [4.78, 5) is 23.6. The minimum atomic E-state index is -0.527. The lowest BCUT2D eigenvalue weighted by Crippen LogP contribution is -2.37. The van der Waals surface area contributed by atoms with Crippen LogP contribution in [-0.2, 0) is 0 Å². The predicted octanol–water partition coefficient (Wildman–Crippen LogP) is 4.13. The number of non-ortho nitro benzene ring substituents is 1. The van der Waals surface area contributed by atoms with Crippen LogP contribution in [0, 0.1) is 10.1 Å². The second-order valence-corrected chi connectivity index (χ2v) is 6.69. The first-order valence-corrected chi connectivity index (χ1v) is 7.96. The van der Waals surface area contributed by atoms with Crippen molar-refractivity contribution in [1.82, 2.24) is 0 Å². The Bertz CT molecular complexity index is 843. The highest BCUT2D eigenvalue weighted by Gasteiger charge is 2.38. The third-order valence-electron chi connectivity index (χ3n) is 4.34. The maximum absolute atomic E-state index is 13.1. The molecule has 0 saturated carbocycles. The number of hydrogen-bond donors (Lipinski definition) is 0. The van der Waals surface area contributed by atoms with Gasteiger partial charge in [0.1, 0.15) is 17.1 Å². The van der Waals surface area contributed by atoms with Crippen molar-refractivity contribution >= 4 is 11.5 Å². The maximum Gasteiger partial charge on any atom is 0.270 e. The number of hydrogen-bond acceptors (Lipinski definition) is 5. The number of carbonyl (C=O) groups is 1. The van der Waals surface area contributed by atoms with Gasteiger partial charge in [-0.05, 0) is 19.9 Å². The Morgan fingerprint density at radius 3 is 2.72 bits per heavy atom. The van der Waals surface area contributed by atoms with Crippen LogP contribution in [0.2, 0.25) is 0 Å². The molecule has 0 bridgehead atoms. The molecule has 6 heteroatoms. The Hall–Kier alpha value is -2.89. The maximum atomic E-state index is 13.1. The number of ketones is 1. The Balaban J connectivity index is 2.03. The van der Waals surface area contributed by atoms with E-state index >= 15 is 0 Å². The van der Waals surface area contributed by atoms with Crippen LogP contribution >= 0.6 is 0 Å². The first kappa shape index (κ1) is 17.0. The number of methoxy groups -OCH3 is 1. The van der Waals surface area contributed by atoms with Crippen molar-refractivity contribution in [2.75, 3.05) is 7.11 Å². The predicted molar refractivity (Wildman–Crippen MR) is 92.5 cm³/mol. The van der Waals surface area contributed by atoms with Gasteiger partial charge in [-0.3, -0.25) is 14.9 Å². The molecule has 2 aromatic carbocycles. The van der Waals surface area contributed by atoms with Crippen molar-refractivity contribution in [2.45, 2.75) is 31.8 Å².